The van der Waals surface area contributed by atoms with Gasteiger partial charge in [0.15, 0.2) is 11.5 Å². The first-order valence-electron chi connectivity index (χ1n) is 6.48. The molecule has 1 N–H and O–H groups in total. The molecule has 1 amide bonds. The van der Waals surface area contributed by atoms with Gasteiger partial charge in [0.2, 0.25) is 0 Å². The van der Waals surface area contributed by atoms with Crippen LogP contribution in [0.3, 0.4) is 0 Å². The predicted molar refractivity (Wildman–Crippen MR) is 74.2 cm³/mol. The Balaban J connectivity index is 2.12. The maximum atomic E-state index is 12.3. The highest BCUT2D eigenvalue weighted by molar-refractivity contribution is 5.95. The van der Waals surface area contributed by atoms with Crippen LogP contribution in [0.2, 0.25) is 0 Å². The summed E-state index contributed by atoms with van der Waals surface area (Å²) in [6, 6.07) is 7.11. The van der Waals surface area contributed by atoms with Gasteiger partial charge in [-0.1, -0.05) is 0 Å². The van der Waals surface area contributed by atoms with E-state index >= 15 is 0 Å². The van der Waals surface area contributed by atoms with Gasteiger partial charge >= 0.3 is 6.61 Å². The molecule has 0 unspecified atom stereocenters. The maximum absolute atomic E-state index is 12.3. The molecule has 22 heavy (non-hydrogen) atoms. The van der Waals surface area contributed by atoms with Gasteiger partial charge in [-0.25, -0.2) is 0 Å². The van der Waals surface area contributed by atoms with Crippen molar-refractivity contribution in [3.8, 4) is 11.5 Å². The van der Waals surface area contributed by atoms with Gasteiger partial charge in [0.1, 0.15) is 5.76 Å². The molecule has 2 rings (SSSR count). The lowest BCUT2D eigenvalue weighted by Gasteiger charge is -2.14. The van der Waals surface area contributed by atoms with Gasteiger partial charge < -0.3 is 19.2 Å². The van der Waals surface area contributed by atoms with E-state index in [-0.39, 0.29) is 29.0 Å². The molecule has 118 valence electrons. The van der Waals surface area contributed by atoms with E-state index in [0.29, 0.717) is 5.76 Å². The van der Waals surface area contributed by atoms with Crippen LogP contribution >= 0.6 is 0 Å². The van der Waals surface area contributed by atoms with Crippen LogP contribution in [0.1, 0.15) is 29.1 Å². The first-order valence-corrected chi connectivity index (χ1v) is 6.48. The number of rotatable bonds is 6. The van der Waals surface area contributed by atoms with Gasteiger partial charge in [-0.2, -0.15) is 8.78 Å². The molecule has 5 nitrogen and oxygen atoms in total. The summed E-state index contributed by atoms with van der Waals surface area (Å²) in [7, 11) is 1.31. The third kappa shape index (κ3) is 3.75. The van der Waals surface area contributed by atoms with Crippen molar-refractivity contribution in [2.45, 2.75) is 19.6 Å². The topological polar surface area (TPSA) is 60.7 Å². The lowest BCUT2D eigenvalue weighted by Crippen LogP contribution is -2.26. The summed E-state index contributed by atoms with van der Waals surface area (Å²) in [6.07, 6.45) is 1.51. The molecule has 0 aliphatic heterocycles. The molecule has 0 aliphatic rings. The normalized spacial score (nSPS) is 12.0. The Morgan fingerprint density at radius 3 is 2.64 bits per heavy atom. The van der Waals surface area contributed by atoms with Crippen molar-refractivity contribution in [1.82, 2.24) is 5.32 Å². The Kier molecular flexibility index (Phi) is 4.98. The summed E-state index contributed by atoms with van der Waals surface area (Å²) in [5, 5.41) is 2.73. The van der Waals surface area contributed by atoms with E-state index in [1.54, 1.807) is 19.1 Å². The Hall–Kier alpha value is -2.57. The molecule has 0 radical (unpaired) electrons. The van der Waals surface area contributed by atoms with Crippen LogP contribution in [0.25, 0.3) is 0 Å². The van der Waals surface area contributed by atoms with Gasteiger partial charge in [0.05, 0.1) is 19.4 Å². The van der Waals surface area contributed by atoms with Crippen molar-refractivity contribution < 1.29 is 27.5 Å². The first-order chi connectivity index (χ1) is 10.5. The number of carbonyl (C=O) groups excluding carboxylic acids is 1. The molecule has 0 saturated heterocycles. The lowest BCUT2D eigenvalue weighted by atomic mass is 10.1. The molecule has 1 atom stereocenters. The number of methoxy groups -OCH3 is 1. The number of nitrogens with one attached hydrogen (secondary N) is 1. The highest BCUT2D eigenvalue weighted by atomic mass is 19.3. The summed E-state index contributed by atoms with van der Waals surface area (Å²) in [4.78, 5) is 12.2. The quantitative estimate of drug-likeness (QED) is 0.888. The monoisotopic (exact) mass is 311 g/mol. The lowest BCUT2D eigenvalue weighted by molar-refractivity contribution is -0.0512. The molecule has 0 spiro atoms. The largest absolute Gasteiger partial charge is 0.493 e. The zero-order chi connectivity index (χ0) is 16.1. The molecule has 1 aromatic carbocycles. The van der Waals surface area contributed by atoms with Crippen LogP contribution in [0.4, 0.5) is 8.78 Å². The van der Waals surface area contributed by atoms with E-state index in [2.05, 4.69) is 10.1 Å². The Morgan fingerprint density at radius 1 is 1.27 bits per heavy atom. The summed E-state index contributed by atoms with van der Waals surface area (Å²) in [5.41, 5.74) is 0.261. The van der Waals surface area contributed by atoms with Crippen LogP contribution in [-0.4, -0.2) is 19.6 Å². The molecular formula is C15H15F2NO4. The predicted octanol–water partition coefficient (Wildman–Crippen LogP) is 3.38. The smallest absolute Gasteiger partial charge is 0.387 e. The van der Waals surface area contributed by atoms with E-state index in [4.69, 9.17) is 9.15 Å². The second-order valence-corrected chi connectivity index (χ2v) is 4.45. The van der Waals surface area contributed by atoms with Crippen LogP contribution < -0.4 is 14.8 Å². The third-order valence-electron chi connectivity index (χ3n) is 2.96. The molecule has 0 saturated carbocycles. The van der Waals surface area contributed by atoms with Crippen molar-refractivity contribution in [3.05, 3.63) is 47.9 Å². The van der Waals surface area contributed by atoms with Crippen molar-refractivity contribution in [1.29, 1.82) is 0 Å². The Morgan fingerprint density at radius 2 is 2.05 bits per heavy atom. The highest BCUT2D eigenvalue weighted by Crippen LogP contribution is 2.29. The van der Waals surface area contributed by atoms with Crippen molar-refractivity contribution >= 4 is 5.91 Å². The van der Waals surface area contributed by atoms with Crippen molar-refractivity contribution in [3.63, 3.8) is 0 Å². The zero-order valence-corrected chi connectivity index (χ0v) is 12.0. The average Bonchev–Trinajstić information content (AvgIpc) is 3.01. The average molecular weight is 311 g/mol. The van der Waals surface area contributed by atoms with Gasteiger partial charge in [-0.05, 0) is 37.3 Å². The molecule has 7 heteroatoms. The van der Waals surface area contributed by atoms with E-state index in [1.165, 1.54) is 31.6 Å². The standard InChI is InChI=1S/C15H15F2NO4/c1-9(11-4-3-7-21-11)18-14(19)10-5-6-12(22-15(16)17)13(8-10)20-2/h3-9,15H,1-2H3,(H,18,19)/t9-/m0/s1. The Bertz CT molecular complexity index is 628. The fourth-order valence-corrected chi connectivity index (χ4v) is 1.89. The molecule has 0 bridgehead atoms. The molecule has 0 fully saturated rings. The zero-order valence-electron chi connectivity index (χ0n) is 12.0. The van der Waals surface area contributed by atoms with Gasteiger partial charge in [-0.15, -0.1) is 0 Å². The number of hydrogen-bond acceptors (Lipinski definition) is 4. The third-order valence-corrected chi connectivity index (χ3v) is 2.96. The summed E-state index contributed by atoms with van der Waals surface area (Å²) in [5.74, 6) is 0.149. The molecule has 1 heterocycles. The van der Waals surface area contributed by atoms with E-state index in [9.17, 15) is 13.6 Å². The fourth-order valence-electron chi connectivity index (χ4n) is 1.89. The van der Waals surface area contributed by atoms with Crippen molar-refractivity contribution in [2.24, 2.45) is 0 Å². The van der Waals surface area contributed by atoms with Crippen molar-refractivity contribution in [2.75, 3.05) is 7.11 Å². The number of benzene rings is 1. The van der Waals surface area contributed by atoms with Gasteiger partial charge in [0, 0.05) is 5.56 Å². The molecule has 1 aromatic heterocycles. The van der Waals surface area contributed by atoms with E-state index in [1.807, 2.05) is 0 Å². The van der Waals surface area contributed by atoms with Gasteiger partial charge in [0.25, 0.3) is 5.91 Å². The summed E-state index contributed by atoms with van der Waals surface area (Å²) >= 11 is 0. The van der Waals surface area contributed by atoms with Crippen LogP contribution in [0, 0.1) is 0 Å². The molecule has 0 aliphatic carbocycles. The maximum Gasteiger partial charge on any atom is 0.387 e. The number of halogens is 2. The second-order valence-electron chi connectivity index (χ2n) is 4.45. The minimum atomic E-state index is -2.97. The van der Waals surface area contributed by atoms with E-state index in [0.717, 1.165) is 0 Å². The number of carbonyl (C=O) groups is 1. The van der Waals surface area contributed by atoms with Crippen LogP contribution in [0.5, 0.6) is 11.5 Å². The SMILES string of the molecule is COc1cc(C(=O)N[C@@H](C)c2ccco2)ccc1OC(F)F. The number of alkyl halides is 2. The minimum Gasteiger partial charge on any atom is -0.493 e. The number of furan rings is 1. The van der Waals surface area contributed by atoms with Crippen LogP contribution in [0.15, 0.2) is 41.0 Å². The highest BCUT2D eigenvalue weighted by Gasteiger charge is 2.17. The minimum absolute atomic E-state index is 0.0543. The molecule has 2 aromatic rings. The number of amides is 1. The number of ether oxygens (including phenoxy) is 2. The van der Waals surface area contributed by atoms with E-state index < -0.39 is 6.61 Å². The fraction of sp³-hybridized carbons (Fsp3) is 0.267. The van der Waals surface area contributed by atoms with Gasteiger partial charge in [-0.3, -0.25) is 4.79 Å². The Labute approximate surface area is 125 Å². The summed E-state index contributed by atoms with van der Waals surface area (Å²) < 4.78 is 39.0. The molecular weight excluding hydrogens is 296 g/mol. The summed E-state index contributed by atoms with van der Waals surface area (Å²) in [6.45, 7) is -1.20. The second kappa shape index (κ2) is 6.93. The van der Waals surface area contributed by atoms with Crippen LogP contribution in [-0.2, 0) is 0 Å². The number of hydrogen-bond donors (Lipinski definition) is 1. The first kappa shape index (κ1) is 15.8.